The zero-order chi connectivity index (χ0) is 16.1. The van der Waals surface area contributed by atoms with Crippen LogP contribution < -0.4 is 5.32 Å². The van der Waals surface area contributed by atoms with E-state index in [1.54, 1.807) is 11.3 Å². The molecule has 1 aromatic heterocycles. The highest BCUT2D eigenvalue weighted by molar-refractivity contribution is 7.09. The minimum absolute atomic E-state index is 0.000485. The van der Waals surface area contributed by atoms with Crippen LogP contribution in [0.15, 0.2) is 29.6 Å². The molecule has 0 aliphatic rings. The first-order chi connectivity index (χ1) is 10.5. The lowest BCUT2D eigenvalue weighted by atomic mass is 10.1. The molecule has 5 nitrogen and oxygen atoms in total. The van der Waals surface area contributed by atoms with Crippen LogP contribution in [-0.4, -0.2) is 17.4 Å². The van der Waals surface area contributed by atoms with Crippen LogP contribution in [0.3, 0.4) is 0 Å². The molecular weight excluding hydrogens is 331 g/mol. The maximum Gasteiger partial charge on any atom is 0.274 e. The zero-order valence-electron chi connectivity index (χ0n) is 11.3. The lowest BCUT2D eigenvalue weighted by Crippen LogP contribution is -2.27. The lowest BCUT2D eigenvalue weighted by Gasteiger charge is -2.06. The fraction of sp³-hybridized carbons (Fsp3) is 0.214. The first kappa shape index (κ1) is 16.4. The number of carbonyl (C=O) groups is 1. The van der Waals surface area contributed by atoms with Crippen molar-refractivity contribution in [2.75, 3.05) is 6.54 Å². The second-order valence-electron chi connectivity index (χ2n) is 4.51. The molecule has 0 bridgehead atoms. The van der Waals surface area contributed by atoms with Crippen molar-refractivity contribution in [1.29, 1.82) is 0 Å². The number of nitrogens with zero attached hydrogens (tertiary/aromatic N) is 1. The number of benzene rings is 1. The summed E-state index contributed by atoms with van der Waals surface area (Å²) in [6.45, 7) is 0.420. The molecule has 8 heteroatoms. The minimum atomic E-state index is -0.784. The Hall–Kier alpha value is -1.99. The normalized spacial score (nSPS) is 10.5. The summed E-state index contributed by atoms with van der Waals surface area (Å²) in [5.74, 6) is -1.19. The van der Waals surface area contributed by atoms with E-state index in [0.717, 1.165) is 17.0 Å². The molecule has 22 heavy (non-hydrogen) atoms. The van der Waals surface area contributed by atoms with Gasteiger partial charge in [-0.2, -0.15) is 0 Å². The number of amides is 1. The maximum atomic E-state index is 13.4. The van der Waals surface area contributed by atoms with Gasteiger partial charge in [0.15, 0.2) is 0 Å². The molecule has 1 aromatic carbocycles. The van der Waals surface area contributed by atoms with Crippen LogP contribution in [0.4, 0.5) is 10.1 Å². The van der Waals surface area contributed by atoms with Crippen molar-refractivity contribution in [2.24, 2.45) is 0 Å². The van der Waals surface area contributed by atoms with E-state index in [9.17, 15) is 19.3 Å². The average Bonchev–Trinajstić information content (AvgIpc) is 2.95. The number of carbonyl (C=O) groups excluding carboxylic acids is 1. The van der Waals surface area contributed by atoms with Gasteiger partial charge in [-0.05, 0) is 23.9 Å². The predicted octanol–water partition coefficient (Wildman–Crippen LogP) is 3.35. The molecule has 0 saturated carbocycles. The van der Waals surface area contributed by atoms with Crippen molar-refractivity contribution in [3.05, 3.63) is 61.0 Å². The van der Waals surface area contributed by atoms with Crippen LogP contribution in [0.1, 0.15) is 10.4 Å². The van der Waals surface area contributed by atoms with Gasteiger partial charge < -0.3 is 5.32 Å². The van der Waals surface area contributed by atoms with E-state index < -0.39 is 16.6 Å². The van der Waals surface area contributed by atoms with E-state index in [1.807, 2.05) is 17.5 Å². The fourth-order valence-electron chi connectivity index (χ4n) is 1.90. The summed E-state index contributed by atoms with van der Waals surface area (Å²) >= 11 is 7.11. The number of hydrogen-bond donors (Lipinski definition) is 1. The Kier molecular flexibility index (Phi) is 5.46. The summed E-state index contributed by atoms with van der Waals surface area (Å²) in [7, 11) is 0. The van der Waals surface area contributed by atoms with Crippen LogP contribution in [0.5, 0.6) is 0 Å². The monoisotopic (exact) mass is 342 g/mol. The van der Waals surface area contributed by atoms with E-state index in [1.165, 1.54) is 0 Å². The first-order valence-electron chi connectivity index (χ1n) is 6.38. The number of nitro groups is 1. The number of halogens is 2. The Balaban J connectivity index is 1.98. The van der Waals surface area contributed by atoms with Gasteiger partial charge in [-0.1, -0.05) is 17.7 Å². The van der Waals surface area contributed by atoms with E-state index in [2.05, 4.69) is 5.32 Å². The Bertz CT molecular complexity index is 692. The van der Waals surface area contributed by atoms with E-state index >= 15 is 0 Å². The molecule has 116 valence electrons. The fourth-order valence-corrected chi connectivity index (χ4v) is 2.77. The van der Waals surface area contributed by atoms with Gasteiger partial charge in [0, 0.05) is 23.1 Å². The summed E-state index contributed by atoms with van der Waals surface area (Å²) < 4.78 is 13.4. The Labute approximate surface area is 134 Å². The van der Waals surface area contributed by atoms with Gasteiger partial charge in [0.25, 0.3) is 5.69 Å². The lowest BCUT2D eigenvalue weighted by molar-refractivity contribution is -0.385. The van der Waals surface area contributed by atoms with Crippen molar-refractivity contribution in [1.82, 2.24) is 5.32 Å². The second-order valence-corrected chi connectivity index (χ2v) is 5.95. The molecular formula is C14H12ClFN2O3S. The molecule has 0 aliphatic heterocycles. The standard InChI is InChI=1S/C14H12ClFN2O3S/c15-11-8-13(18(20)21)9(6-12(11)16)7-14(19)17-4-3-10-2-1-5-22-10/h1-2,5-6,8H,3-4,7H2,(H,17,19). The molecule has 1 N–H and O–H groups in total. The van der Waals surface area contributed by atoms with Crippen molar-refractivity contribution in [3.8, 4) is 0 Å². The van der Waals surface area contributed by atoms with E-state index in [0.29, 0.717) is 13.0 Å². The van der Waals surface area contributed by atoms with Gasteiger partial charge in [0.1, 0.15) is 5.82 Å². The number of thiophene rings is 1. The van der Waals surface area contributed by atoms with Gasteiger partial charge in [-0.25, -0.2) is 4.39 Å². The predicted molar refractivity (Wildman–Crippen MR) is 82.8 cm³/mol. The SMILES string of the molecule is O=C(Cc1cc(F)c(Cl)cc1[N+](=O)[O-])NCCc1cccs1. The molecule has 1 heterocycles. The topological polar surface area (TPSA) is 72.2 Å². The zero-order valence-corrected chi connectivity index (χ0v) is 12.9. The number of nitro benzene ring substituents is 1. The highest BCUT2D eigenvalue weighted by atomic mass is 35.5. The highest BCUT2D eigenvalue weighted by Gasteiger charge is 2.19. The summed E-state index contributed by atoms with van der Waals surface area (Å²) in [4.78, 5) is 23.2. The molecule has 0 spiro atoms. The first-order valence-corrected chi connectivity index (χ1v) is 7.64. The van der Waals surface area contributed by atoms with E-state index in [4.69, 9.17) is 11.6 Å². The molecule has 0 atom stereocenters. The van der Waals surface area contributed by atoms with Crippen LogP contribution in [-0.2, 0) is 17.6 Å². The van der Waals surface area contributed by atoms with Crippen LogP contribution in [0, 0.1) is 15.9 Å². The Morgan fingerprint density at radius 2 is 2.23 bits per heavy atom. The highest BCUT2D eigenvalue weighted by Crippen LogP contribution is 2.26. The molecule has 0 fully saturated rings. The third-order valence-electron chi connectivity index (χ3n) is 2.94. The van der Waals surface area contributed by atoms with Gasteiger partial charge in [0.2, 0.25) is 5.91 Å². The quantitative estimate of drug-likeness (QED) is 0.646. The van der Waals surface area contributed by atoms with Crippen molar-refractivity contribution in [2.45, 2.75) is 12.8 Å². The third-order valence-corrected chi connectivity index (χ3v) is 4.17. The van der Waals surface area contributed by atoms with Gasteiger partial charge in [0.05, 0.1) is 16.4 Å². The molecule has 2 aromatic rings. The second kappa shape index (κ2) is 7.33. The van der Waals surface area contributed by atoms with Crippen LogP contribution in [0.2, 0.25) is 5.02 Å². The van der Waals surface area contributed by atoms with Gasteiger partial charge in [-0.15, -0.1) is 11.3 Å². The summed E-state index contributed by atoms with van der Waals surface area (Å²) in [5, 5.41) is 15.2. The minimum Gasteiger partial charge on any atom is -0.355 e. The molecule has 0 saturated heterocycles. The molecule has 1 amide bonds. The van der Waals surface area contributed by atoms with Crippen LogP contribution >= 0.6 is 22.9 Å². The summed E-state index contributed by atoms with van der Waals surface area (Å²) in [6.07, 6.45) is 0.412. The summed E-state index contributed by atoms with van der Waals surface area (Å²) in [5.41, 5.74) is -0.361. The van der Waals surface area contributed by atoms with Gasteiger partial charge >= 0.3 is 0 Å². The number of hydrogen-bond acceptors (Lipinski definition) is 4. The molecule has 0 radical (unpaired) electrons. The average molecular weight is 343 g/mol. The van der Waals surface area contributed by atoms with Gasteiger partial charge in [-0.3, -0.25) is 14.9 Å². The Morgan fingerprint density at radius 3 is 2.86 bits per heavy atom. The summed E-state index contributed by atoms with van der Waals surface area (Å²) in [6, 6.07) is 5.72. The number of rotatable bonds is 6. The van der Waals surface area contributed by atoms with Crippen LogP contribution in [0.25, 0.3) is 0 Å². The maximum absolute atomic E-state index is 13.4. The molecule has 0 unspecified atom stereocenters. The molecule has 2 rings (SSSR count). The largest absolute Gasteiger partial charge is 0.355 e. The molecule has 0 aliphatic carbocycles. The van der Waals surface area contributed by atoms with Crippen molar-refractivity contribution < 1.29 is 14.1 Å². The number of nitrogens with one attached hydrogen (secondary N) is 1. The third kappa shape index (κ3) is 4.25. The van der Waals surface area contributed by atoms with Crippen molar-refractivity contribution in [3.63, 3.8) is 0 Å². The van der Waals surface area contributed by atoms with E-state index in [-0.39, 0.29) is 22.7 Å². The Morgan fingerprint density at radius 1 is 1.45 bits per heavy atom. The van der Waals surface area contributed by atoms with Crippen molar-refractivity contribution >= 4 is 34.5 Å². The smallest absolute Gasteiger partial charge is 0.274 e.